The van der Waals surface area contributed by atoms with Crippen LogP contribution in [0.4, 0.5) is 0 Å². The van der Waals surface area contributed by atoms with Gasteiger partial charge in [0.2, 0.25) is 0 Å². The van der Waals surface area contributed by atoms with Crippen molar-refractivity contribution in [3.05, 3.63) is 124 Å². The highest BCUT2D eigenvalue weighted by atomic mass is 16.3. The number of furan rings is 1. The van der Waals surface area contributed by atoms with Crippen LogP contribution in [0.1, 0.15) is 75.3 Å². The molecule has 4 heteroatoms. The van der Waals surface area contributed by atoms with Crippen LogP contribution in [0.5, 0.6) is 0 Å². The summed E-state index contributed by atoms with van der Waals surface area (Å²) in [5, 5.41) is 5.86. The number of nitrogens with zero attached hydrogens (tertiary/aromatic N) is 3. The summed E-state index contributed by atoms with van der Waals surface area (Å²) in [4.78, 5) is 15.0. The number of hydrogen-bond acceptors (Lipinski definition) is 4. The SMILES string of the molecule is C=CCC=C/C=C(\C)c1nc(C2=Cc3c(=C/C)/c(=C\CC)c4cc(C=C)c(/C=C\C)c5oc(c3c54)=CC2)nc(-c2ccccc2)n1. The van der Waals surface area contributed by atoms with Gasteiger partial charge in [0.1, 0.15) is 11.0 Å². The van der Waals surface area contributed by atoms with Gasteiger partial charge in [0.15, 0.2) is 17.5 Å². The fraction of sp³-hybridized carbons (Fsp3) is 0.167. The summed E-state index contributed by atoms with van der Waals surface area (Å²) in [6.45, 7) is 16.3. The molecule has 0 spiro atoms. The zero-order chi connectivity index (χ0) is 32.2. The van der Waals surface area contributed by atoms with Gasteiger partial charge in [-0.15, -0.1) is 6.58 Å². The van der Waals surface area contributed by atoms with Crippen LogP contribution in [0.2, 0.25) is 0 Å². The maximum Gasteiger partial charge on any atom is 0.164 e. The smallest absolute Gasteiger partial charge is 0.164 e. The van der Waals surface area contributed by atoms with Gasteiger partial charge in [0.25, 0.3) is 0 Å². The maximum atomic E-state index is 6.77. The highest BCUT2D eigenvalue weighted by Gasteiger charge is 2.22. The first kappa shape index (κ1) is 30.7. The van der Waals surface area contributed by atoms with E-state index in [9.17, 15) is 0 Å². The van der Waals surface area contributed by atoms with Crippen LogP contribution < -0.4 is 15.9 Å². The Morgan fingerprint density at radius 2 is 1.80 bits per heavy atom. The standard InChI is InChI=1S/C42H39N3O/c1-7-12-13-15-20-27(6)40-43-41(29-21-16-14-17-22-29)45-42(44-40)30-23-24-36-37-34(26-30)31(11-5)33(19-9-3)35-25-28(10-4)32(18-8-2)39(46-36)38(35)37/h7-8,10-11,13-22,24-26H,1,4,9,12,23H2,2-3,5-6H3/b15-13?,18-8-,27-20+,31-11+,33-19+. The van der Waals surface area contributed by atoms with Crippen LogP contribution in [-0.4, -0.2) is 15.0 Å². The lowest BCUT2D eigenvalue weighted by molar-refractivity contribution is 0.582. The van der Waals surface area contributed by atoms with Crippen molar-refractivity contribution in [3.8, 4) is 11.4 Å². The summed E-state index contributed by atoms with van der Waals surface area (Å²) in [7, 11) is 0. The van der Waals surface area contributed by atoms with Gasteiger partial charge in [-0.3, -0.25) is 0 Å². The van der Waals surface area contributed by atoms with Gasteiger partial charge < -0.3 is 4.42 Å². The Morgan fingerprint density at radius 1 is 1.00 bits per heavy atom. The second kappa shape index (κ2) is 13.3. The lowest BCUT2D eigenvalue weighted by Gasteiger charge is -2.12. The van der Waals surface area contributed by atoms with Gasteiger partial charge in [-0.2, -0.15) is 0 Å². The van der Waals surface area contributed by atoms with Crippen LogP contribution in [0.15, 0.2) is 84.4 Å². The van der Waals surface area contributed by atoms with Crippen LogP contribution in [0.3, 0.4) is 0 Å². The second-order valence-corrected chi connectivity index (χ2v) is 11.4. The molecule has 0 saturated carbocycles. The predicted molar refractivity (Wildman–Crippen MR) is 198 cm³/mol. The summed E-state index contributed by atoms with van der Waals surface area (Å²) >= 11 is 0. The summed E-state index contributed by atoms with van der Waals surface area (Å²) in [6, 6.07) is 12.4. The molecule has 5 aromatic rings. The maximum absolute atomic E-state index is 6.77. The Kier molecular flexibility index (Phi) is 8.89. The first-order valence-electron chi connectivity index (χ1n) is 16.0. The van der Waals surface area contributed by atoms with Crippen molar-refractivity contribution < 1.29 is 4.42 Å². The van der Waals surface area contributed by atoms with E-state index in [1.54, 1.807) is 0 Å². The minimum atomic E-state index is 0.614. The summed E-state index contributed by atoms with van der Waals surface area (Å²) in [6.07, 6.45) is 25.4. The average molecular weight is 602 g/mol. The first-order valence-corrected chi connectivity index (χ1v) is 16.0. The van der Waals surface area contributed by atoms with Crippen molar-refractivity contribution in [1.29, 1.82) is 0 Å². The molecule has 2 aromatic heterocycles. The van der Waals surface area contributed by atoms with E-state index in [0.29, 0.717) is 23.9 Å². The Bertz CT molecular complexity index is 2290. The van der Waals surface area contributed by atoms with Gasteiger partial charge in [0.05, 0.1) is 0 Å². The largest absolute Gasteiger partial charge is 0.456 e. The summed E-state index contributed by atoms with van der Waals surface area (Å²) in [5.74, 6) is 1.97. The van der Waals surface area contributed by atoms with E-state index in [0.717, 1.165) is 68.0 Å². The van der Waals surface area contributed by atoms with Gasteiger partial charge >= 0.3 is 0 Å². The molecule has 4 nitrogen and oxygen atoms in total. The lowest BCUT2D eigenvalue weighted by Crippen LogP contribution is -2.29. The van der Waals surface area contributed by atoms with E-state index >= 15 is 0 Å². The van der Waals surface area contributed by atoms with E-state index in [1.165, 1.54) is 15.8 Å². The van der Waals surface area contributed by atoms with Crippen molar-refractivity contribution in [2.24, 2.45) is 0 Å². The van der Waals surface area contributed by atoms with Crippen LogP contribution in [0.25, 0.3) is 80.7 Å². The van der Waals surface area contributed by atoms with Gasteiger partial charge in [0, 0.05) is 27.5 Å². The summed E-state index contributed by atoms with van der Waals surface area (Å²) < 4.78 is 6.77. The third kappa shape index (κ3) is 5.52. The van der Waals surface area contributed by atoms with Crippen molar-refractivity contribution in [2.45, 2.75) is 47.0 Å². The van der Waals surface area contributed by atoms with Gasteiger partial charge in [-0.05, 0) is 90.8 Å². The predicted octanol–water partition coefficient (Wildman–Crippen LogP) is 9.08. The highest BCUT2D eigenvalue weighted by Crippen LogP contribution is 2.35. The Morgan fingerprint density at radius 3 is 2.52 bits per heavy atom. The molecular formula is C42H39N3O. The molecule has 2 heterocycles. The van der Waals surface area contributed by atoms with Crippen molar-refractivity contribution in [3.63, 3.8) is 0 Å². The van der Waals surface area contributed by atoms with E-state index in [4.69, 9.17) is 19.4 Å². The molecule has 0 radical (unpaired) electrons. The molecular weight excluding hydrogens is 562 g/mol. The molecule has 1 aliphatic carbocycles. The van der Waals surface area contributed by atoms with E-state index in [-0.39, 0.29) is 0 Å². The third-order valence-electron chi connectivity index (χ3n) is 8.37. The van der Waals surface area contributed by atoms with Crippen molar-refractivity contribution in [2.75, 3.05) is 0 Å². The number of allylic oxidation sites excluding steroid dienone is 7. The minimum absolute atomic E-state index is 0.614. The Labute approximate surface area is 270 Å². The van der Waals surface area contributed by atoms with Crippen LogP contribution in [-0.2, 0) is 0 Å². The average Bonchev–Trinajstić information content (AvgIpc) is 3.37. The number of aromatic nitrogens is 3. The Hall–Kier alpha value is -5.35. The van der Waals surface area contributed by atoms with Crippen LogP contribution in [0, 0.1) is 0 Å². The Balaban J connectivity index is 1.66. The molecule has 0 aliphatic heterocycles. The molecule has 46 heavy (non-hydrogen) atoms. The molecule has 0 saturated heterocycles. The molecule has 0 bridgehead atoms. The molecule has 0 fully saturated rings. The zero-order valence-corrected chi connectivity index (χ0v) is 27.1. The topological polar surface area (TPSA) is 51.8 Å². The zero-order valence-electron chi connectivity index (χ0n) is 27.1. The second-order valence-electron chi connectivity index (χ2n) is 11.4. The fourth-order valence-electron chi connectivity index (χ4n) is 6.24. The summed E-state index contributed by atoms with van der Waals surface area (Å²) in [5.41, 5.74) is 7.95. The highest BCUT2D eigenvalue weighted by molar-refractivity contribution is 6.16. The van der Waals surface area contributed by atoms with E-state index in [2.05, 4.69) is 75.6 Å². The molecule has 0 N–H and O–H groups in total. The minimum Gasteiger partial charge on any atom is -0.456 e. The number of benzene rings is 3. The molecule has 1 aliphatic rings. The third-order valence-corrected chi connectivity index (χ3v) is 8.37. The van der Waals surface area contributed by atoms with E-state index in [1.807, 2.05) is 68.5 Å². The monoisotopic (exact) mass is 601 g/mol. The molecule has 228 valence electrons. The van der Waals surface area contributed by atoms with Crippen LogP contribution >= 0.6 is 0 Å². The van der Waals surface area contributed by atoms with E-state index < -0.39 is 0 Å². The van der Waals surface area contributed by atoms with Crippen molar-refractivity contribution >= 4 is 69.3 Å². The molecule has 3 aromatic carbocycles. The van der Waals surface area contributed by atoms with Gasteiger partial charge in [-0.1, -0.05) is 98.5 Å². The normalized spacial score (nSPS) is 14.4. The number of hydrogen-bond donors (Lipinski definition) is 0. The quantitative estimate of drug-likeness (QED) is 0.125. The molecule has 0 amide bonds. The van der Waals surface area contributed by atoms with Crippen molar-refractivity contribution in [1.82, 2.24) is 15.0 Å². The number of rotatable bonds is 9. The molecule has 0 atom stereocenters. The van der Waals surface area contributed by atoms with Gasteiger partial charge in [-0.25, -0.2) is 15.0 Å². The molecule has 0 unspecified atom stereocenters. The first-order chi connectivity index (χ1) is 22.5. The lowest BCUT2D eigenvalue weighted by atomic mass is 9.92. The fourth-order valence-corrected chi connectivity index (χ4v) is 6.24. The molecule has 6 rings (SSSR count).